The van der Waals surface area contributed by atoms with E-state index in [4.69, 9.17) is 4.74 Å². The third kappa shape index (κ3) is 7.02. The molecule has 2 N–H and O–H groups in total. The number of piperidine rings is 1. The third-order valence-electron chi connectivity index (χ3n) is 8.81. The zero-order chi connectivity index (χ0) is 29.9. The summed E-state index contributed by atoms with van der Waals surface area (Å²) in [7, 11) is 0. The van der Waals surface area contributed by atoms with E-state index in [-0.39, 0.29) is 24.0 Å². The first-order valence-electron chi connectivity index (χ1n) is 15.7. The van der Waals surface area contributed by atoms with E-state index < -0.39 is 0 Å². The summed E-state index contributed by atoms with van der Waals surface area (Å²) in [4.78, 5) is 30.3. The van der Waals surface area contributed by atoms with Crippen LogP contribution in [0.25, 0.3) is 10.6 Å². The minimum atomic E-state index is -0.0913. The molecule has 1 atom stereocenters. The van der Waals surface area contributed by atoms with Crippen molar-refractivity contribution in [1.29, 1.82) is 0 Å². The molecule has 2 saturated heterocycles. The fraction of sp³-hybridized carbons (Fsp3) is 0.515. The van der Waals surface area contributed by atoms with Gasteiger partial charge in [0.15, 0.2) is 0 Å². The van der Waals surface area contributed by atoms with Gasteiger partial charge < -0.3 is 25.2 Å². The minimum Gasteiger partial charge on any atom is -0.457 e. The van der Waals surface area contributed by atoms with E-state index in [1.165, 1.54) is 25.7 Å². The molecule has 3 amide bonds. The monoisotopic (exact) mass is 602 g/mol. The number of rotatable bonds is 9. The van der Waals surface area contributed by atoms with E-state index in [1.807, 2.05) is 49.4 Å². The molecule has 0 radical (unpaired) electrons. The molecular weight excluding hydrogens is 560 g/mol. The normalized spacial score (nSPS) is 20.1. The average molecular weight is 603 g/mol. The van der Waals surface area contributed by atoms with Gasteiger partial charge in [-0.1, -0.05) is 44.1 Å². The summed E-state index contributed by atoms with van der Waals surface area (Å²) < 4.78 is 6.39. The summed E-state index contributed by atoms with van der Waals surface area (Å²) in [5.74, 6) is 1.47. The zero-order valence-corrected chi connectivity index (χ0v) is 26.2. The van der Waals surface area contributed by atoms with Crippen molar-refractivity contribution in [3.05, 3.63) is 58.6 Å². The Morgan fingerprint density at radius 2 is 1.81 bits per heavy atom. The molecule has 0 bridgehead atoms. The van der Waals surface area contributed by atoms with E-state index >= 15 is 0 Å². The van der Waals surface area contributed by atoms with Gasteiger partial charge in [-0.2, -0.15) is 0 Å². The number of benzene rings is 2. The molecular formula is C33H42N6O3S. The smallest absolute Gasteiger partial charge is 0.318 e. The molecule has 43 heavy (non-hydrogen) atoms. The number of carbonyl (C=O) groups excluding carboxylic acids is 2. The molecule has 0 spiro atoms. The third-order valence-corrected chi connectivity index (χ3v) is 10.1. The summed E-state index contributed by atoms with van der Waals surface area (Å²) >= 11 is 1.60. The van der Waals surface area contributed by atoms with E-state index in [9.17, 15) is 9.59 Å². The van der Waals surface area contributed by atoms with Crippen LogP contribution >= 0.6 is 11.3 Å². The van der Waals surface area contributed by atoms with Crippen LogP contribution in [0, 0.1) is 0 Å². The number of nitrogens with zero attached hydrogens (tertiary/aromatic N) is 4. The molecule has 3 aromatic rings. The maximum absolute atomic E-state index is 13.4. The molecule has 228 valence electrons. The van der Waals surface area contributed by atoms with Crippen LogP contribution < -0.4 is 15.4 Å². The van der Waals surface area contributed by atoms with E-state index in [0.717, 1.165) is 53.1 Å². The van der Waals surface area contributed by atoms with Crippen LogP contribution in [-0.4, -0.2) is 69.7 Å². The Balaban J connectivity index is 1.17. The molecule has 3 heterocycles. The second-order valence-corrected chi connectivity index (χ2v) is 13.5. The van der Waals surface area contributed by atoms with Gasteiger partial charge in [0.25, 0.3) is 5.91 Å². The van der Waals surface area contributed by atoms with Gasteiger partial charge in [-0.25, -0.2) is 4.79 Å². The number of hydrogen-bond donors (Lipinski definition) is 2. The second-order valence-electron chi connectivity index (χ2n) is 12.5. The van der Waals surface area contributed by atoms with Gasteiger partial charge >= 0.3 is 6.03 Å². The van der Waals surface area contributed by atoms with Gasteiger partial charge in [-0.15, -0.1) is 10.2 Å². The van der Waals surface area contributed by atoms with Crippen molar-refractivity contribution in [3.8, 4) is 22.1 Å². The van der Waals surface area contributed by atoms with Crippen LogP contribution in [0.3, 0.4) is 0 Å². The summed E-state index contributed by atoms with van der Waals surface area (Å²) in [6.45, 7) is 9.32. The van der Waals surface area contributed by atoms with Gasteiger partial charge in [0.1, 0.15) is 21.5 Å². The van der Waals surface area contributed by atoms with E-state index in [1.54, 1.807) is 16.2 Å². The number of urea groups is 1. The highest BCUT2D eigenvalue weighted by molar-refractivity contribution is 7.14. The van der Waals surface area contributed by atoms with Crippen LogP contribution in [0.15, 0.2) is 42.5 Å². The maximum Gasteiger partial charge on any atom is 0.318 e. The minimum absolute atomic E-state index is 0.0872. The Morgan fingerprint density at radius 1 is 1.07 bits per heavy atom. The summed E-state index contributed by atoms with van der Waals surface area (Å²) in [5, 5.41) is 16.8. The molecule has 1 aromatic heterocycles. The predicted molar refractivity (Wildman–Crippen MR) is 169 cm³/mol. The van der Waals surface area contributed by atoms with Crippen molar-refractivity contribution >= 4 is 23.3 Å². The molecule has 1 aliphatic carbocycles. The number of nitrogens with one attached hydrogen (secondary N) is 2. The number of amides is 3. The van der Waals surface area contributed by atoms with Crippen molar-refractivity contribution in [3.63, 3.8) is 0 Å². The Morgan fingerprint density at radius 3 is 2.47 bits per heavy atom. The molecule has 2 aromatic carbocycles. The molecule has 6 rings (SSSR count). The zero-order valence-electron chi connectivity index (χ0n) is 25.3. The Bertz CT molecular complexity index is 1430. The van der Waals surface area contributed by atoms with Crippen LogP contribution in [-0.2, 0) is 6.54 Å². The number of carbonyl (C=O) groups is 2. The summed E-state index contributed by atoms with van der Waals surface area (Å²) in [6.07, 6.45) is 7.27. The fourth-order valence-electron chi connectivity index (χ4n) is 6.35. The van der Waals surface area contributed by atoms with Gasteiger partial charge in [0.05, 0.1) is 6.54 Å². The van der Waals surface area contributed by atoms with Crippen molar-refractivity contribution < 1.29 is 14.3 Å². The molecule has 10 heteroatoms. The van der Waals surface area contributed by atoms with Gasteiger partial charge in [0, 0.05) is 60.4 Å². The van der Waals surface area contributed by atoms with Crippen LogP contribution in [0.4, 0.5) is 4.79 Å². The van der Waals surface area contributed by atoms with Crippen molar-refractivity contribution in [2.24, 2.45) is 0 Å². The van der Waals surface area contributed by atoms with Crippen molar-refractivity contribution in [2.45, 2.75) is 89.9 Å². The van der Waals surface area contributed by atoms with Crippen LogP contribution in [0.5, 0.6) is 11.5 Å². The van der Waals surface area contributed by atoms with Gasteiger partial charge in [-0.05, 0) is 69.0 Å². The molecule has 3 aliphatic rings. The Hall–Kier alpha value is -3.50. The first-order valence-corrected chi connectivity index (χ1v) is 16.5. The Kier molecular flexibility index (Phi) is 8.95. The van der Waals surface area contributed by atoms with E-state index in [2.05, 4.69) is 39.6 Å². The highest BCUT2D eigenvalue weighted by Crippen LogP contribution is 2.32. The quantitative estimate of drug-likeness (QED) is 0.304. The Labute approximate surface area is 258 Å². The van der Waals surface area contributed by atoms with Crippen LogP contribution in [0.2, 0.25) is 0 Å². The lowest BCUT2D eigenvalue weighted by Crippen LogP contribution is -2.47. The summed E-state index contributed by atoms with van der Waals surface area (Å²) in [5.41, 5.74) is 2.38. The molecule has 3 fully saturated rings. The maximum atomic E-state index is 13.4. The first kappa shape index (κ1) is 29.6. The molecule has 9 nitrogen and oxygen atoms in total. The lowest BCUT2D eigenvalue weighted by molar-refractivity contribution is 0.0892. The van der Waals surface area contributed by atoms with Gasteiger partial charge in [0.2, 0.25) is 0 Å². The number of likely N-dealkylation sites (tertiary alicyclic amines) is 1. The van der Waals surface area contributed by atoms with E-state index in [0.29, 0.717) is 36.1 Å². The second kappa shape index (κ2) is 13.0. The number of ether oxygens (including phenoxy) is 1. The SMILES string of the molecule is CC(C)c1nnc(-c2ccc(Oc3cc(C(=O)NC4CCN(C5CCCC5)CC4)ccc3CN3C[C@@H](C)NC3=O)cc2)s1. The van der Waals surface area contributed by atoms with Crippen molar-refractivity contribution in [2.75, 3.05) is 19.6 Å². The topological polar surface area (TPSA) is 99.7 Å². The lowest BCUT2D eigenvalue weighted by Gasteiger charge is -2.36. The number of hydrogen-bond acceptors (Lipinski definition) is 7. The molecule has 0 unspecified atom stereocenters. The number of aromatic nitrogens is 2. The average Bonchev–Trinajstić information content (AvgIpc) is 3.77. The molecule has 2 aliphatic heterocycles. The predicted octanol–water partition coefficient (Wildman–Crippen LogP) is 6.17. The summed E-state index contributed by atoms with van der Waals surface area (Å²) in [6, 6.07) is 14.2. The highest BCUT2D eigenvalue weighted by Gasteiger charge is 2.29. The highest BCUT2D eigenvalue weighted by atomic mass is 32.1. The largest absolute Gasteiger partial charge is 0.457 e. The van der Waals surface area contributed by atoms with Crippen LogP contribution in [0.1, 0.15) is 86.1 Å². The lowest BCUT2D eigenvalue weighted by atomic mass is 10.0. The van der Waals surface area contributed by atoms with Crippen molar-refractivity contribution in [1.82, 2.24) is 30.6 Å². The molecule has 1 saturated carbocycles. The fourth-order valence-corrected chi connectivity index (χ4v) is 7.20. The van der Waals surface area contributed by atoms with Gasteiger partial charge in [-0.3, -0.25) is 4.79 Å². The standard InChI is InChI=1S/C33H42N6O3S/c1-21(2)31-36-37-32(43-31)23-10-12-28(13-11-23)42-29-18-24(8-9-25(29)20-39-19-22(3)34-33(39)41)30(40)35-26-14-16-38(17-15-26)27-6-4-5-7-27/h8-13,18,21-22,26-27H,4-7,14-17,19-20H2,1-3H3,(H,34,41)(H,35,40)/t22-/m1/s1. The first-order chi connectivity index (χ1) is 20.8.